The molecule has 0 saturated heterocycles. The molecule has 5 heteroatoms. The number of hydrogen-bond donors (Lipinski definition) is 1. The van der Waals surface area contributed by atoms with E-state index >= 15 is 0 Å². The van der Waals surface area contributed by atoms with E-state index in [1.54, 1.807) is 14.0 Å². The summed E-state index contributed by atoms with van der Waals surface area (Å²) in [5.74, 6) is 0.0278. The number of carbonyl (C=O) groups is 2. The zero-order valence-electron chi connectivity index (χ0n) is 9.82. The molecule has 0 amide bonds. The lowest BCUT2D eigenvalue weighted by Gasteiger charge is -2.28. The number of esters is 1. The van der Waals surface area contributed by atoms with E-state index in [-0.39, 0.29) is 6.61 Å². The fourth-order valence-corrected chi connectivity index (χ4v) is 1.69. The average Bonchev–Trinajstić information content (AvgIpc) is 2.16. The van der Waals surface area contributed by atoms with Crippen molar-refractivity contribution in [3.05, 3.63) is 0 Å². The zero-order chi connectivity index (χ0) is 12.0. The van der Waals surface area contributed by atoms with Gasteiger partial charge in [-0.05, 0) is 26.3 Å². The van der Waals surface area contributed by atoms with Crippen LogP contribution in [0.3, 0.4) is 0 Å². The third-order valence-electron chi connectivity index (χ3n) is 2.87. The Balaban J connectivity index is 2.32. The zero-order valence-corrected chi connectivity index (χ0v) is 9.82. The summed E-state index contributed by atoms with van der Waals surface area (Å²) in [6.45, 7) is 1.87. The van der Waals surface area contributed by atoms with E-state index in [4.69, 9.17) is 0 Å². The summed E-state index contributed by atoms with van der Waals surface area (Å²) in [7, 11) is 1.69. The van der Waals surface area contributed by atoms with Crippen molar-refractivity contribution in [2.24, 2.45) is 5.92 Å². The summed E-state index contributed by atoms with van der Waals surface area (Å²) in [6, 6.07) is -0.408. The predicted octanol–water partition coefficient (Wildman–Crippen LogP) is 1.46. The molecule has 1 unspecified atom stereocenters. The molecule has 0 bridgehead atoms. The molecular formula is C11H19NO4. The quantitative estimate of drug-likeness (QED) is 0.571. The van der Waals surface area contributed by atoms with Crippen molar-refractivity contribution in [1.82, 2.24) is 5.32 Å². The fourth-order valence-electron chi connectivity index (χ4n) is 1.69. The van der Waals surface area contributed by atoms with E-state index in [0.717, 1.165) is 19.3 Å². The first kappa shape index (κ1) is 13.0. The third-order valence-corrected chi connectivity index (χ3v) is 2.87. The summed E-state index contributed by atoms with van der Waals surface area (Å²) in [5, 5.41) is 2.87. The van der Waals surface area contributed by atoms with Crippen molar-refractivity contribution in [3.8, 4) is 0 Å². The Bertz CT molecular complexity index is 250. The van der Waals surface area contributed by atoms with Crippen molar-refractivity contribution < 1.29 is 19.1 Å². The van der Waals surface area contributed by atoms with Gasteiger partial charge in [0.05, 0.1) is 6.61 Å². The van der Waals surface area contributed by atoms with Gasteiger partial charge < -0.3 is 14.8 Å². The SMILES string of the molecule is CCOC(=O)OC(=O)C(CC1CCC1)NC. The summed E-state index contributed by atoms with van der Waals surface area (Å²) < 4.78 is 9.09. The minimum atomic E-state index is -0.915. The van der Waals surface area contributed by atoms with Crippen LogP contribution in [0.4, 0.5) is 4.79 Å². The molecule has 0 radical (unpaired) electrons. The molecule has 0 aromatic heterocycles. The topological polar surface area (TPSA) is 64.6 Å². The van der Waals surface area contributed by atoms with Crippen molar-refractivity contribution in [2.75, 3.05) is 13.7 Å². The molecule has 1 atom stereocenters. The number of hydrogen-bond acceptors (Lipinski definition) is 5. The van der Waals surface area contributed by atoms with Crippen molar-refractivity contribution in [1.29, 1.82) is 0 Å². The minimum absolute atomic E-state index is 0.207. The van der Waals surface area contributed by atoms with Crippen LogP contribution in [0.15, 0.2) is 0 Å². The lowest BCUT2D eigenvalue weighted by Crippen LogP contribution is -2.39. The van der Waals surface area contributed by atoms with Crippen LogP contribution in [0.25, 0.3) is 0 Å². The minimum Gasteiger partial charge on any atom is -0.434 e. The maximum absolute atomic E-state index is 11.5. The second kappa shape index (κ2) is 6.48. The molecule has 1 saturated carbocycles. The highest BCUT2D eigenvalue weighted by Gasteiger charge is 2.28. The highest BCUT2D eigenvalue weighted by atomic mass is 16.7. The molecule has 5 nitrogen and oxygen atoms in total. The fraction of sp³-hybridized carbons (Fsp3) is 0.818. The van der Waals surface area contributed by atoms with Gasteiger partial charge in [0.15, 0.2) is 0 Å². The Labute approximate surface area is 95.5 Å². The molecule has 0 spiro atoms. The summed E-state index contributed by atoms with van der Waals surface area (Å²) >= 11 is 0. The van der Waals surface area contributed by atoms with Gasteiger partial charge in [-0.15, -0.1) is 0 Å². The Morgan fingerprint density at radius 1 is 1.44 bits per heavy atom. The molecule has 0 aromatic rings. The van der Waals surface area contributed by atoms with Crippen molar-refractivity contribution in [2.45, 2.75) is 38.6 Å². The molecule has 1 N–H and O–H groups in total. The van der Waals surface area contributed by atoms with Crippen LogP contribution in [0.5, 0.6) is 0 Å². The third kappa shape index (κ3) is 3.81. The van der Waals surface area contributed by atoms with Crippen molar-refractivity contribution >= 4 is 12.1 Å². The first-order valence-electron chi connectivity index (χ1n) is 5.73. The van der Waals surface area contributed by atoms with Gasteiger partial charge in [0.2, 0.25) is 0 Å². The summed E-state index contributed by atoms with van der Waals surface area (Å²) in [5.41, 5.74) is 0. The molecular weight excluding hydrogens is 210 g/mol. The van der Waals surface area contributed by atoms with Gasteiger partial charge in [0.1, 0.15) is 6.04 Å². The maximum Gasteiger partial charge on any atom is 0.516 e. The number of ether oxygens (including phenoxy) is 2. The van der Waals surface area contributed by atoms with Gasteiger partial charge in [0, 0.05) is 0 Å². The maximum atomic E-state index is 11.5. The lowest BCUT2D eigenvalue weighted by atomic mass is 9.81. The van der Waals surface area contributed by atoms with Crippen LogP contribution in [-0.4, -0.2) is 31.8 Å². The second-order valence-electron chi connectivity index (χ2n) is 3.98. The molecule has 0 aromatic carbocycles. The number of nitrogens with one attached hydrogen (secondary N) is 1. The summed E-state index contributed by atoms with van der Waals surface area (Å²) in [6.07, 6.45) is 3.36. The van der Waals surface area contributed by atoms with Gasteiger partial charge in [-0.2, -0.15) is 0 Å². The van der Waals surface area contributed by atoms with E-state index in [2.05, 4.69) is 14.8 Å². The normalized spacial score (nSPS) is 17.4. The van der Waals surface area contributed by atoms with E-state index in [1.807, 2.05) is 0 Å². The van der Waals surface area contributed by atoms with Crippen LogP contribution >= 0.6 is 0 Å². The summed E-state index contributed by atoms with van der Waals surface area (Å²) in [4.78, 5) is 22.5. The van der Waals surface area contributed by atoms with Crippen LogP contribution < -0.4 is 5.32 Å². The first-order chi connectivity index (χ1) is 7.67. The smallest absolute Gasteiger partial charge is 0.434 e. The molecule has 1 aliphatic rings. The van der Waals surface area contributed by atoms with Crippen molar-refractivity contribution in [3.63, 3.8) is 0 Å². The van der Waals surface area contributed by atoms with Gasteiger partial charge in [-0.25, -0.2) is 9.59 Å². The number of likely N-dealkylation sites (N-methyl/N-ethyl adjacent to an activating group) is 1. The largest absolute Gasteiger partial charge is 0.516 e. The highest BCUT2D eigenvalue weighted by molar-refractivity contribution is 5.85. The van der Waals surface area contributed by atoms with Gasteiger partial charge in [-0.1, -0.05) is 19.3 Å². The monoisotopic (exact) mass is 229 g/mol. The second-order valence-corrected chi connectivity index (χ2v) is 3.98. The molecule has 1 fully saturated rings. The van der Waals surface area contributed by atoms with E-state index in [1.165, 1.54) is 6.42 Å². The Morgan fingerprint density at radius 2 is 2.12 bits per heavy atom. The number of rotatable bonds is 5. The van der Waals surface area contributed by atoms with Crippen LogP contribution in [0, 0.1) is 5.92 Å². The first-order valence-corrected chi connectivity index (χ1v) is 5.73. The van der Waals surface area contributed by atoms with E-state index in [9.17, 15) is 9.59 Å². The van der Waals surface area contributed by atoms with E-state index in [0.29, 0.717) is 5.92 Å². The van der Waals surface area contributed by atoms with Crippen LogP contribution in [0.2, 0.25) is 0 Å². The van der Waals surface area contributed by atoms with E-state index < -0.39 is 18.2 Å². The molecule has 0 aliphatic heterocycles. The predicted molar refractivity (Wildman–Crippen MR) is 57.9 cm³/mol. The lowest BCUT2D eigenvalue weighted by molar-refractivity contribution is -0.142. The molecule has 16 heavy (non-hydrogen) atoms. The highest BCUT2D eigenvalue weighted by Crippen LogP contribution is 2.30. The standard InChI is InChI=1S/C11H19NO4/c1-3-15-11(14)16-10(13)9(12-2)7-8-5-4-6-8/h8-9,12H,3-7H2,1-2H3. The average molecular weight is 229 g/mol. The molecule has 92 valence electrons. The van der Waals surface area contributed by atoms with Crippen LogP contribution in [-0.2, 0) is 14.3 Å². The molecule has 1 aliphatic carbocycles. The Hall–Kier alpha value is -1.10. The van der Waals surface area contributed by atoms with Gasteiger partial charge in [0.25, 0.3) is 0 Å². The molecule has 0 heterocycles. The van der Waals surface area contributed by atoms with Gasteiger partial charge >= 0.3 is 12.1 Å². The van der Waals surface area contributed by atoms with Crippen LogP contribution in [0.1, 0.15) is 32.6 Å². The van der Waals surface area contributed by atoms with Gasteiger partial charge in [-0.3, -0.25) is 0 Å². The Morgan fingerprint density at radius 3 is 2.56 bits per heavy atom. The molecule has 1 rings (SSSR count). The Kier molecular flexibility index (Phi) is 5.25. The number of carbonyl (C=O) groups excluding carboxylic acids is 2.